The fourth-order valence-corrected chi connectivity index (χ4v) is 3.08. The third-order valence-electron chi connectivity index (χ3n) is 3.91. The van der Waals surface area contributed by atoms with Gasteiger partial charge in [-0.15, -0.1) is 0 Å². The Hall–Kier alpha value is -1.55. The third kappa shape index (κ3) is 3.56. The minimum absolute atomic E-state index is 0.199. The Balaban J connectivity index is 1.59. The summed E-state index contributed by atoms with van der Waals surface area (Å²) >= 11 is 3.28. The minimum Gasteiger partial charge on any atom is -0.380 e. The van der Waals surface area contributed by atoms with Crippen LogP contribution >= 0.6 is 15.9 Å². The summed E-state index contributed by atoms with van der Waals surface area (Å²) in [6, 6.07) is 15.9. The molecule has 0 amide bonds. The van der Waals surface area contributed by atoms with Crippen LogP contribution in [0.3, 0.4) is 0 Å². The molecule has 0 bridgehead atoms. The second-order valence-corrected chi connectivity index (χ2v) is 6.28. The maximum atomic E-state index is 13.8. The first-order chi connectivity index (χ1) is 10.2. The van der Waals surface area contributed by atoms with Gasteiger partial charge in [-0.05, 0) is 43.2 Å². The highest BCUT2D eigenvalue weighted by molar-refractivity contribution is 9.10. The number of nitrogens with zero attached hydrogens (tertiary/aromatic N) is 1. The lowest BCUT2D eigenvalue weighted by atomic mass is 10.0. The Morgan fingerprint density at radius 1 is 1.05 bits per heavy atom. The molecular weight excluding hydrogens is 331 g/mol. The van der Waals surface area contributed by atoms with Gasteiger partial charge in [-0.25, -0.2) is 4.39 Å². The van der Waals surface area contributed by atoms with Gasteiger partial charge in [-0.1, -0.05) is 34.1 Å². The summed E-state index contributed by atoms with van der Waals surface area (Å²) < 4.78 is 14.6. The molecule has 2 aromatic carbocycles. The Morgan fingerprint density at radius 3 is 2.43 bits per heavy atom. The van der Waals surface area contributed by atoms with Crippen molar-refractivity contribution in [2.45, 2.75) is 18.9 Å². The number of rotatable bonds is 3. The lowest BCUT2D eigenvalue weighted by molar-refractivity contribution is 0.522. The van der Waals surface area contributed by atoms with Crippen LogP contribution in [0, 0.1) is 5.82 Å². The SMILES string of the molecule is Fc1cc(Br)ccc1NC1CCN(c2ccccc2)CC1. The molecule has 1 aliphatic heterocycles. The van der Waals surface area contributed by atoms with Crippen LogP contribution in [-0.4, -0.2) is 19.1 Å². The lowest BCUT2D eigenvalue weighted by Gasteiger charge is -2.34. The van der Waals surface area contributed by atoms with Crippen molar-refractivity contribution in [3.05, 3.63) is 58.8 Å². The molecule has 1 saturated heterocycles. The van der Waals surface area contributed by atoms with E-state index >= 15 is 0 Å². The normalized spacial score (nSPS) is 16.0. The first kappa shape index (κ1) is 14.4. The molecule has 2 nitrogen and oxygen atoms in total. The zero-order valence-electron chi connectivity index (χ0n) is 11.7. The van der Waals surface area contributed by atoms with Crippen molar-refractivity contribution in [3.8, 4) is 0 Å². The van der Waals surface area contributed by atoms with Crippen molar-refractivity contribution in [3.63, 3.8) is 0 Å². The summed E-state index contributed by atoms with van der Waals surface area (Å²) in [5.41, 5.74) is 1.86. The maximum absolute atomic E-state index is 13.8. The largest absolute Gasteiger partial charge is 0.380 e. The van der Waals surface area contributed by atoms with E-state index in [1.54, 1.807) is 6.07 Å². The van der Waals surface area contributed by atoms with E-state index in [1.165, 1.54) is 11.8 Å². The molecule has 1 aliphatic rings. The Kier molecular flexibility index (Phi) is 4.44. The van der Waals surface area contributed by atoms with Crippen molar-refractivity contribution >= 4 is 27.3 Å². The van der Waals surface area contributed by atoms with Crippen molar-refractivity contribution in [1.29, 1.82) is 0 Å². The molecule has 0 aromatic heterocycles. The summed E-state index contributed by atoms with van der Waals surface area (Å²) in [4.78, 5) is 2.39. The number of para-hydroxylation sites is 1. The molecule has 0 spiro atoms. The van der Waals surface area contributed by atoms with Crippen LogP contribution in [0.25, 0.3) is 0 Å². The van der Waals surface area contributed by atoms with E-state index in [4.69, 9.17) is 0 Å². The second-order valence-electron chi connectivity index (χ2n) is 5.37. The Labute approximate surface area is 133 Å². The maximum Gasteiger partial charge on any atom is 0.147 e. The highest BCUT2D eigenvalue weighted by atomic mass is 79.9. The van der Waals surface area contributed by atoms with E-state index in [-0.39, 0.29) is 5.82 Å². The number of halogens is 2. The second kappa shape index (κ2) is 6.48. The van der Waals surface area contributed by atoms with Crippen molar-refractivity contribution in [2.75, 3.05) is 23.3 Å². The first-order valence-electron chi connectivity index (χ1n) is 7.24. The fourth-order valence-electron chi connectivity index (χ4n) is 2.75. The van der Waals surface area contributed by atoms with Gasteiger partial charge in [0, 0.05) is 29.3 Å². The molecule has 0 unspecified atom stereocenters. The van der Waals surface area contributed by atoms with Gasteiger partial charge in [0.05, 0.1) is 5.69 Å². The van der Waals surface area contributed by atoms with Gasteiger partial charge in [0.2, 0.25) is 0 Å². The summed E-state index contributed by atoms with van der Waals surface area (Å²) in [6.45, 7) is 2.00. The zero-order chi connectivity index (χ0) is 14.7. The van der Waals surface area contributed by atoms with Crippen LogP contribution < -0.4 is 10.2 Å². The van der Waals surface area contributed by atoms with E-state index < -0.39 is 0 Å². The van der Waals surface area contributed by atoms with E-state index in [0.29, 0.717) is 11.7 Å². The highest BCUT2D eigenvalue weighted by Gasteiger charge is 2.20. The number of benzene rings is 2. The highest BCUT2D eigenvalue weighted by Crippen LogP contribution is 2.24. The lowest BCUT2D eigenvalue weighted by Crippen LogP contribution is -2.39. The predicted molar refractivity (Wildman–Crippen MR) is 89.4 cm³/mol. The first-order valence-corrected chi connectivity index (χ1v) is 8.03. The molecule has 1 fully saturated rings. The molecule has 0 aliphatic carbocycles. The molecular formula is C17H18BrFN2. The monoisotopic (exact) mass is 348 g/mol. The van der Waals surface area contributed by atoms with Crippen LogP contribution in [0.5, 0.6) is 0 Å². The molecule has 0 radical (unpaired) electrons. The van der Waals surface area contributed by atoms with E-state index in [0.717, 1.165) is 30.4 Å². The van der Waals surface area contributed by atoms with Gasteiger partial charge >= 0.3 is 0 Å². The average molecular weight is 349 g/mol. The number of hydrogen-bond donors (Lipinski definition) is 1. The zero-order valence-corrected chi connectivity index (χ0v) is 13.3. The van der Waals surface area contributed by atoms with Gasteiger partial charge in [-0.2, -0.15) is 0 Å². The van der Waals surface area contributed by atoms with Crippen LogP contribution in [0.15, 0.2) is 53.0 Å². The van der Waals surface area contributed by atoms with E-state index in [2.05, 4.69) is 50.4 Å². The molecule has 4 heteroatoms. The van der Waals surface area contributed by atoms with Gasteiger partial charge in [-0.3, -0.25) is 0 Å². The average Bonchev–Trinajstić information content (AvgIpc) is 2.52. The van der Waals surface area contributed by atoms with Crippen molar-refractivity contribution in [1.82, 2.24) is 0 Å². The molecule has 0 saturated carbocycles. The minimum atomic E-state index is -0.199. The number of piperidine rings is 1. The summed E-state index contributed by atoms with van der Waals surface area (Å²) in [6.07, 6.45) is 2.04. The molecule has 0 atom stereocenters. The number of anilines is 2. The molecule has 3 rings (SSSR count). The fraction of sp³-hybridized carbons (Fsp3) is 0.294. The van der Waals surface area contributed by atoms with Crippen LogP contribution in [0.2, 0.25) is 0 Å². The van der Waals surface area contributed by atoms with Crippen molar-refractivity contribution < 1.29 is 4.39 Å². The third-order valence-corrected chi connectivity index (χ3v) is 4.40. The van der Waals surface area contributed by atoms with E-state index in [9.17, 15) is 4.39 Å². The molecule has 2 aromatic rings. The van der Waals surface area contributed by atoms with Gasteiger partial charge in [0.1, 0.15) is 5.82 Å². The van der Waals surface area contributed by atoms with Crippen LogP contribution in [0.1, 0.15) is 12.8 Å². The smallest absolute Gasteiger partial charge is 0.147 e. The van der Waals surface area contributed by atoms with Gasteiger partial charge in [0.25, 0.3) is 0 Å². The Bertz CT molecular complexity index is 595. The summed E-state index contributed by atoms with van der Waals surface area (Å²) in [7, 11) is 0. The standard InChI is InChI=1S/C17H18BrFN2/c18-13-6-7-17(16(19)12-13)20-14-8-10-21(11-9-14)15-4-2-1-3-5-15/h1-7,12,14,20H,8-11H2. The number of nitrogens with one attached hydrogen (secondary N) is 1. The molecule has 110 valence electrons. The number of hydrogen-bond acceptors (Lipinski definition) is 2. The molecule has 1 N–H and O–H groups in total. The summed E-state index contributed by atoms with van der Waals surface area (Å²) in [5, 5.41) is 3.33. The molecule has 1 heterocycles. The topological polar surface area (TPSA) is 15.3 Å². The Morgan fingerprint density at radius 2 is 1.76 bits per heavy atom. The van der Waals surface area contributed by atoms with Gasteiger partial charge < -0.3 is 10.2 Å². The van der Waals surface area contributed by atoms with Crippen LogP contribution in [-0.2, 0) is 0 Å². The van der Waals surface area contributed by atoms with Crippen LogP contribution in [0.4, 0.5) is 15.8 Å². The van der Waals surface area contributed by atoms with Crippen molar-refractivity contribution in [2.24, 2.45) is 0 Å². The predicted octanol–water partition coefficient (Wildman–Crippen LogP) is 4.67. The summed E-state index contributed by atoms with van der Waals surface area (Å²) in [5.74, 6) is -0.199. The van der Waals surface area contributed by atoms with Gasteiger partial charge in [0.15, 0.2) is 0 Å². The quantitative estimate of drug-likeness (QED) is 0.866. The van der Waals surface area contributed by atoms with E-state index in [1.807, 2.05) is 12.1 Å². The molecule has 21 heavy (non-hydrogen) atoms.